The highest BCUT2D eigenvalue weighted by atomic mass is 35.5. The standard InChI is InChI=1S/C17H18ClNO2/c1-11-6-4-5-7-16(11)21-13(3)17(20)19-15-9-8-14(18)10-12(15)2/h4-10,13H,1-3H3,(H,19,20)/t13-/m1/s1. The minimum absolute atomic E-state index is 0.191. The van der Waals surface area contributed by atoms with Crippen LogP contribution in [0.4, 0.5) is 5.69 Å². The molecule has 0 radical (unpaired) electrons. The van der Waals surface area contributed by atoms with Crippen LogP contribution in [0.2, 0.25) is 5.02 Å². The van der Waals surface area contributed by atoms with Crippen LogP contribution in [0.3, 0.4) is 0 Å². The Bertz CT molecular complexity index is 655. The number of carbonyl (C=O) groups is 1. The van der Waals surface area contributed by atoms with Crippen LogP contribution in [0.1, 0.15) is 18.1 Å². The number of hydrogen-bond acceptors (Lipinski definition) is 2. The Morgan fingerprint density at radius 1 is 1.14 bits per heavy atom. The lowest BCUT2D eigenvalue weighted by molar-refractivity contribution is -0.122. The van der Waals surface area contributed by atoms with Gasteiger partial charge in [-0.05, 0) is 56.2 Å². The normalized spacial score (nSPS) is 11.8. The van der Waals surface area contributed by atoms with Gasteiger partial charge in [0.2, 0.25) is 0 Å². The quantitative estimate of drug-likeness (QED) is 0.911. The fourth-order valence-corrected chi connectivity index (χ4v) is 2.16. The fourth-order valence-electron chi connectivity index (χ4n) is 1.93. The summed E-state index contributed by atoms with van der Waals surface area (Å²) in [6, 6.07) is 13.0. The van der Waals surface area contributed by atoms with E-state index in [1.807, 2.05) is 44.2 Å². The van der Waals surface area contributed by atoms with Crippen molar-refractivity contribution in [1.82, 2.24) is 0 Å². The van der Waals surface area contributed by atoms with Gasteiger partial charge in [-0.25, -0.2) is 0 Å². The number of aryl methyl sites for hydroxylation is 2. The first-order chi connectivity index (χ1) is 9.97. The number of rotatable bonds is 4. The monoisotopic (exact) mass is 303 g/mol. The van der Waals surface area contributed by atoms with E-state index in [4.69, 9.17) is 16.3 Å². The van der Waals surface area contributed by atoms with Crippen molar-refractivity contribution >= 4 is 23.2 Å². The molecule has 1 amide bonds. The summed E-state index contributed by atoms with van der Waals surface area (Å²) in [4.78, 5) is 12.2. The second kappa shape index (κ2) is 6.64. The molecule has 0 heterocycles. The second-order valence-electron chi connectivity index (χ2n) is 4.97. The molecule has 2 rings (SSSR count). The average Bonchev–Trinajstić information content (AvgIpc) is 2.44. The Kier molecular flexibility index (Phi) is 4.86. The molecule has 0 aromatic heterocycles. The summed E-state index contributed by atoms with van der Waals surface area (Å²) in [6.07, 6.45) is -0.582. The Morgan fingerprint density at radius 3 is 2.52 bits per heavy atom. The molecule has 2 aromatic carbocycles. The maximum absolute atomic E-state index is 12.2. The van der Waals surface area contributed by atoms with Crippen molar-refractivity contribution in [2.45, 2.75) is 26.9 Å². The molecule has 0 aliphatic heterocycles. The van der Waals surface area contributed by atoms with E-state index < -0.39 is 6.10 Å². The van der Waals surface area contributed by atoms with Crippen molar-refractivity contribution in [2.75, 3.05) is 5.32 Å². The van der Waals surface area contributed by atoms with E-state index in [0.29, 0.717) is 10.8 Å². The number of amides is 1. The van der Waals surface area contributed by atoms with Gasteiger partial charge in [-0.2, -0.15) is 0 Å². The van der Waals surface area contributed by atoms with Gasteiger partial charge in [-0.15, -0.1) is 0 Å². The molecule has 1 N–H and O–H groups in total. The zero-order valence-electron chi connectivity index (χ0n) is 12.3. The van der Waals surface area contributed by atoms with Crippen molar-refractivity contribution in [1.29, 1.82) is 0 Å². The van der Waals surface area contributed by atoms with Crippen molar-refractivity contribution in [2.24, 2.45) is 0 Å². The highest BCUT2D eigenvalue weighted by Gasteiger charge is 2.16. The van der Waals surface area contributed by atoms with Gasteiger partial charge in [0.15, 0.2) is 6.10 Å². The van der Waals surface area contributed by atoms with Crippen LogP contribution in [0, 0.1) is 13.8 Å². The van der Waals surface area contributed by atoms with Crippen LogP contribution in [-0.2, 0) is 4.79 Å². The van der Waals surface area contributed by atoms with E-state index in [-0.39, 0.29) is 5.91 Å². The number of carbonyl (C=O) groups excluding carboxylic acids is 1. The first-order valence-electron chi connectivity index (χ1n) is 6.76. The van der Waals surface area contributed by atoms with E-state index >= 15 is 0 Å². The topological polar surface area (TPSA) is 38.3 Å². The lowest BCUT2D eigenvalue weighted by atomic mass is 10.2. The molecule has 0 aliphatic rings. The molecular weight excluding hydrogens is 286 g/mol. The first kappa shape index (κ1) is 15.4. The van der Waals surface area contributed by atoms with E-state index in [9.17, 15) is 4.79 Å². The molecule has 0 bridgehead atoms. The molecule has 0 saturated heterocycles. The van der Waals surface area contributed by atoms with Gasteiger partial charge in [-0.1, -0.05) is 29.8 Å². The number of ether oxygens (including phenoxy) is 1. The van der Waals surface area contributed by atoms with Crippen LogP contribution in [-0.4, -0.2) is 12.0 Å². The smallest absolute Gasteiger partial charge is 0.265 e. The van der Waals surface area contributed by atoms with Crippen LogP contribution >= 0.6 is 11.6 Å². The third kappa shape index (κ3) is 3.99. The van der Waals surface area contributed by atoms with Gasteiger partial charge in [0.1, 0.15) is 5.75 Å². The van der Waals surface area contributed by atoms with Gasteiger partial charge in [-0.3, -0.25) is 4.79 Å². The number of hydrogen-bond donors (Lipinski definition) is 1. The molecule has 0 saturated carbocycles. The molecule has 3 nitrogen and oxygen atoms in total. The predicted octanol–water partition coefficient (Wildman–Crippen LogP) is 4.36. The zero-order valence-corrected chi connectivity index (χ0v) is 13.1. The van der Waals surface area contributed by atoms with Crippen molar-refractivity contribution in [3.05, 3.63) is 58.6 Å². The van der Waals surface area contributed by atoms with Crippen LogP contribution in [0.25, 0.3) is 0 Å². The predicted molar refractivity (Wildman–Crippen MR) is 86.1 cm³/mol. The number of anilines is 1. The van der Waals surface area contributed by atoms with Gasteiger partial charge in [0.05, 0.1) is 0 Å². The highest BCUT2D eigenvalue weighted by Crippen LogP contribution is 2.21. The Morgan fingerprint density at radius 2 is 1.86 bits per heavy atom. The molecule has 110 valence electrons. The number of nitrogens with one attached hydrogen (secondary N) is 1. The van der Waals surface area contributed by atoms with Crippen LogP contribution < -0.4 is 10.1 Å². The van der Waals surface area contributed by atoms with Crippen molar-refractivity contribution in [3.8, 4) is 5.75 Å². The van der Waals surface area contributed by atoms with E-state index in [1.54, 1.807) is 19.1 Å². The lowest BCUT2D eigenvalue weighted by Crippen LogP contribution is -2.30. The minimum Gasteiger partial charge on any atom is -0.481 e. The van der Waals surface area contributed by atoms with E-state index in [2.05, 4.69) is 5.32 Å². The molecule has 0 unspecified atom stereocenters. The third-order valence-corrected chi connectivity index (χ3v) is 3.45. The number of para-hydroxylation sites is 1. The SMILES string of the molecule is Cc1cc(Cl)ccc1NC(=O)[C@@H](C)Oc1ccccc1C. The van der Waals surface area contributed by atoms with Gasteiger partial charge in [0.25, 0.3) is 5.91 Å². The van der Waals surface area contributed by atoms with Crippen molar-refractivity contribution < 1.29 is 9.53 Å². The molecule has 2 aromatic rings. The number of halogens is 1. The summed E-state index contributed by atoms with van der Waals surface area (Å²) in [5.41, 5.74) is 2.66. The Balaban J connectivity index is 2.04. The van der Waals surface area contributed by atoms with Crippen LogP contribution in [0.15, 0.2) is 42.5 Å². The summed E-state index contributed by atoms with van der Waals surface area (Å²) >= 11 is 5.90. The zero-order chi connectivity index (χ0) is 15.4. The Labute approximate surface area is 129 Å². The van der Waals surface area contributed by atoms with E-state index in [0.717, 1.165) is 16.8 Å². The summed E-state index contributed by atoms with van der Waals surface area (Å²) in [7, 11) is 0. The molecule has 4 heteroatoms. The summed E-state index contributed by atoms with van der Waals surface area (Å²) in [5.74, 6) is 0.525. The largest absolute Gasteiger partial charge is 0.481 e. The first-order valence-corrected chi connectivity index (χ1v) is 7.14. The van der Waals surface area contributed by atoms with Gasteiger partial charge in [0, 0.05) is 10.7 Å². The lowest BCUT2D eigenvalue weighted by Gasteiger charge is -2.17. The van der Waals surface area contributed by atoms with E-state index in [1.165, 1.54) is 0 Å². The fraction of sp³-hybridized carbons (Fsp3) is 0.235. The van der Waals surface area contributed by atoms with Crippen molar-refractivity contribution in [3.63, 3.8) is 0 Å². The summed E-state index contributed by atoms with van der Waals surface area (Å²) < 4.78 is 5.70. The summed E-state index contributed by atoms with van der Waals surface area (Å²) in [5, 5.41) is 3.50. The Hall–Kier alpha value is -2.00. The molecule has 1 atom stereocenters. The molecule has 21 heavy (non-hydrogen) atoms. The molecular formula is C17H18ClNO2. The summed E-state index contributed by atoms with van der Waals surface area (Å²) in [6.45, 7) is 5.57. The molecule has 0 aliphatic carbocycles. The minimum atomic E-state index is -0.582. The van der Waals surface area contributed by atoms with Gasteiger partial charge < -0.3 is 10.1 Å². The third-order valence-electron chi connectivity index (χ3n) is 3.21. The van der Waals surface area contributed by atoms with Crippen LogP contribution in [0.5, 0.6) is 5.75 Å². The molecule has 0 fully saturated rings. The maximum atomic E-state index is 12.2. The maximum Gasteiger partial charge on any atom is 0.265 e. The van der Waals surface area contributed by atoms with Gasteiger partial charge >= 0.3 is 0 Å². The molecule has 0 spiro atoms. The number of benzene rings is 2. The second-order valence-corrected chi connectivity index (χ2v) is 5.41. The highest BCUT2D eigenvalue weighted by molar-refractivity contribution is 6.30. The average molecular weight is 304 g/mol.